The molecule has 1 aliphatic rings. The van der Waals surface area contributed by atoms with Crippen molar-refractivity contribution in [2.45, 2.75) is 20.3 Å². The smallest absolute Gasteiger partial charge is 0.273 e. The van der Waals surface area contributed by atoms with Gasteiger partial charge >= 0.3 is 0 Å². The number of H-pyrrole nitrogens is 1. The van der Waals surface area contributed by atoms with Crippen LogP contribution in [-0.2, 0) is 11.2 Å². The van der Waals surface area contributed by atoms with Crippen LogP contribution in [0.4, 0.5) is 0 Å². The highest BCUT2D eigenvalue weighted by molar-refractivity contribution is 6.32. The Hall–Kier alpha value is -2.80. The molecule has 25 heavy (non-hydrogen) atoms. The third kappa shape index (κ3) is 3.51. The Morgan fingerprint density at radius 3 is 2.76 bits per heavy atom. The van der Waals surface area contributed by atoms with Crippen LogP contribution in [0.5, 0.6) is 0 Å². The molecule has 1 amide bonds. The Balaban J connectivity index is 1.95. The zero-order valence-electron chi connectivity index (χ0n) is 14.9. The van der Waals surface area contributed by atoms with Crippen molar-refractivity contribution in [3.8, 4) is 0 Å². The molecule has 0 fully saturated rings. The summed E-state index contributed by atoms with van der Waals surface area (Å²) in [6.45, 7) is 5.11. The van der Waals surface area contributed by atoms with E-state index in [1.165, 1.54) is 5.56 Å². The molecule has 2 N–H and O–H groups in total. The molecule has 2 aromatic rings. The molecule has 0 spiro atoms. The van der Waals surface area contributed by atoms with Crippen molar-refractivity contribution in [3.05, 3.63) is 52.1 Å². The number of aryl methyl sites for hydroxylation is 1. The Labute approximate surface area is 146 Å². The van der Waals surface area contributed by atoms with E-state index >= 15 is 0 Å². The normalized spacial score (nSPS) is 15.8. The Bertz CT molecular complexity index is 848. The van der Waals surface area contributed by atoms with Gasteiger partial charge in [0, 0.05) is 24.1 Å². The SMILES string of the molecule is Cc1[nH]c(C=C2C(=O)NN=C2c2cccnn2)c(C)c1CCN(C)C. The Morgan fingerprint density at radius 1 is 1.28 bits per heavy atom. The molecule has 2 aromatic heterocycles. The van der Waals surface area contributed by atoms with Gasteiger partial charge in [0.15, 0.2) is 0 Å². The van der Waals surface area contributed by atoms with Crippen LogP contribution < -0.4 is 5.43 Å². The van der Waals surface area contributed by atoms with Gasteiger partial charge in [-0.1, -0.05) is 0 Å². The van der Waals surface area contributed by atoms with Gasteiger partial charge in [-0.25, -0.2) is 5.43 Å². The van der Waals surface area contributed by atoms with Crippen LogP contribution in [0.3, 0.4) is 0 Å². The first-order chi connectivity index (χ1) is 12.0. The number of carbonyl (C=O) groups is 1. The van der Waals surface area contributed by atoms with E-state index in [1.807, 2.05) is 6.08 Å². The lowest BCUT2D eigenvalue weighted by Crippen LogP contribution is -2.15. The minimum atomic E-state index is -0.234. The summed E-state index contributed by atoms with van der Waals surface area (Å²) in [5.74, 6) is -0.234. The monoisotopic (exact) mass is 338 g/mol. The number of amides is 1. The van der Waals surface area contributed by atoms with E-state index in [9.17, 15) is 4.79 Å². The molecular weight excluding hydrogens is 316 g/mol. The summed E-state index contributed by atoms with van der Waals surface area (Å²) in [5.41, 5.74) is 8.58. The van der Waals surface area contributed by atoms with Crippen LogP contribution in [0.15, 0.2) is 29.0 Å². The number of carbonyl (C=O) groups excluding carboxylic acids is 1. The summed E-state index contributed by atoms with van der Waals surface area (Å²) in [4.78, 5) is 17.8. The Morgan fingerprint density at radius 2 is 2.08 bits per heavy atom. The fraction of sp³-hybridized carbons (Fsp3) is 0.333. The zero-order chi connectivity index (χ0) is 18.0. The number of aromatic nitrogens is 3. The number of nitrogens with one attached hydrogen (secondary N) is 2. The third-order valence-corrected chi connectivity index (χ3v) is 4.31. The lowest BCUT2D eigenvalue weighted by Gasteiger charge is -2.09. The molecule has 0 aliphatic carbocycles. The topological polar surface area (TPSA) is 86.3 Å². The summed E-state index contributed by atoms with van der Waals surface area (Å²) in [7, 11) is 4.12. The number of hydrogen-bond acceptors (Lipinski definition) is 5. The quantitative estimate of drug-likeness (QED) is 0.808. The van der Waals surface area contributed by atoms with Crippen LogP contribution in [0.2, 0.25) is 0 Å². The van der Waals surface area contributed by atoms with E-state index in [4.69, 9.17) is 0 Å². The predicted octanol–water partition coefficient (Wildman–Crippen LogP) is 1.44. The van der Waals surface area contributed by atoms with Crippen LogP contribution in [0.1, 0.15) is 28.2 Å². The average molecular weight is 338 g/mol. The van der Waals surface area contributed by atoms with E-state index < -0.39 is 0 Å². The maximum absolute atomic E-state index is 12.2. The maximum atomic E-state index is 12.2. The van der Waals surface area contributed by atoms with E-state index in [0.717, 1.165) is 29.9 Å². The maximum Gasteiger partial charge on any atom is 0.273 e. The van der Waals surface area contributed by atoms with Crippen molar-refractivity contribution in [1.82, 2.24) is 25.5 Å². The molecule has 0 unspecified atom stereocenters. The van der Waals surface area contributed by atoms with Gasteiger partial charge in [-0.05, 0) is 63.7 Å². The second-order valence-electron chi connectivity index (χ2n) is 6.39. The predicted molar refractivity (Wildman–Crippen MR) is 97.2 cm³/mol. The van der Waals surface area contributed by atoms with Crippen molar-refractivity contribution < 1.29 is 4.79 Å². The third-order valence-electron chi connectivity index (χ3n) is 4.31. The summed E-state index contributed by atoms with van der Waals surface area (Å²) in [6, 6.07) is 3.56. The van der Waals surface area contributed by atoms with Crippen LogP contribution in [0.25, 0.3) is 6.08 Å². The number of likely N-dealkylation sites (N-methyl/N-ethyl adjacent to an activating group) is 1. The molecule has 7 heteroatoms. The fourth-order valence-electron chi connectivity index (χ4n) is 2.91. The standard InChI is InChI=1S/C18H22N6O/c1-11-13(7-9-24(3)4)12(2)20-16(11)10-14-17(22-23-18(14)25)15-6-5-8-19-21-15/h5-6,8,10,20H,7,9H2,1-4H3,(H,23,25). The van der Waals surface area contributed by atoms with E-state index in [1.54, 1.807) is 18.3 Å². The molecule has 7 nitrogen and oxygen atoms in total. The molecule has 3 rings (SSSR count). The van der Waals surface area contributed by atoms with Gasteiger partial charge in [0.2, 0.25) is 0 Å². The van der Waals surface area contributed by atoms with E-state index in [2.05, 4.69) is 58.6 Å². The minimum Gasteiger partial charge on any atom is -0.359 e. The summed E-state index contributed by atoms with van der Waals surface area (Å²) in [6.07, 6.45) is 4.39. The molecule has 0 radical (unpaired) electrons. The second kappa shape index (κ2) is 6.98. The van der Waals surface area contributed by atoms with Crippen molar-refractivity contribution >= 4 is 17.7 Å². The number of hydrazone groups is 1. The molecule has 1 aliphatic heterocycles. The van der Waals surface area contributed by atoms with Crippen LogP contribution in [0, 0.1) is 13.8 Å². The summed E-state index contributed by atoms with van der Waals surface area (Å²) in [5, 5.41) is 12.0. The molecule has 0 aromatic carbocycles. The van der Waals surface area contributed by atoms with Crippen LogP contribution >= 0.6 is 0 Å². The highest BCUT2D eigenvalue weighted by Gasteiger charge is 2.26. The highest BCUT2D eigenvalue weighted by atomic mass is 16.2. The lowest BCUT2D eigenvalue weighted by molar-refractivity contribution is -0.116. The highest BCUT2D eigenvalue weighted by Crippen LogP contribution is 2.23. The first-order valence-corrected chi connectivity index (χ1v) is 8.18. The first-order valence-electron chi connectivity index (χ1n) is 8.18. The lowest BCUT2D eigenvalue weighted by atomic mass is 10.0. The zero-order valence-corrected chi connectivity index (χ0v) is 14.9. The molecule has 0 atom stereocenters. The molecule has 0 bridgehead atoms. The van der Waals surface area contributed by atoms with Crippen molar-refractivity contribution in [3.63, 3.8) is 0 Å². The van der Waals surface area contributed by atoms with Gasteiger partial charge in [0.1, 0.15) is 11.4 Å². The van der Waals surface area contributed by atoms with Gasteiger partial charge in [-0.15, -0.1) is 5.10 Å². The van der Waals surface area contributed by atoms with Crippen molar-refractivity contribution in [2.24, 2.45) is 5.10 Å². The van der Waals surface area contributed by atoms with Crippen molar-refractivity contribution in [1.29, 1.82) is 0 Å². The molecule has 3 heterocycles. The molecule has 130 valence electrons. The summed E-state index contributed by atoms with van der Waals surface area (Å²) >= 11 is 0. The largest absolute Gasteiger partial charge is 0.359 e. The number of hydrogen-bond donors (Lipinski definition) is 2. The molecular formula is C18H22N6O. The van der Waals surface area contributed by atoms with Gasteiger partial charge < -0.3 is 9.88 Å². The first kappa shape index (κ1) is 17.0. The van der Waals surface area contributed by atoms with E-state index in [0.29, 0.717) is 17.0 Å². The second-order valence-corrected chi connectivity index (χ2v) is 6.39. The summed E-state index contributed by atoms with van der Waals surface area (Å²) < 4.78 is 0. The molecule has 0 saturated carbocycles. The van der Waals surface area contributed by atoms with Crippen LogP contribution in [-0.4, -0.2) is 52.3 Å². The average Bonchev–Trinajstić information content (AvgIpc) is 3.07. The van der Waals surface area contributed by atoms with Gasteiger partial charge in [0.25, 0.3) is 5.91 Å². The van der Waals surface area contributed by atoms with E-state index in [-0.39, 0.29) is 5.91 Å². The number of rotatable bonds is 5. The van der Waals surface area contributed by atoms with Gasteiger partial charge in [0.05, 0.1) is 5.57 Å². The number of nitrogens with zero attached hydrogens (tertiary/aromatic N) is 4. The van der Waals surface area contributed by atoms with Crippen molar-refractivity contribution in [2.75, 3.05) is 20.6 Å². The van der Waals surface area contributed by atoms with Gasteiger partial charge in [-0.2, -0.15) is 10.2 Å². The minimum absolute atomic E-state index is 0.234. The molecule has 0 saturated heterocycles. The Kier molecular flexibility index (Phi) is 4.76. The van der Waals surface area contributed by atoms with Gasteiger partial charge in [-0.3, -0.25) is 4.79 Å². The fourth-order valence-corrected chi connectivity index (χ4v) is 2.91. The number of aromatic amines is 1.